The third-order valence-electron chi connectivity index (χ3n) is 3.75. The van der Waals surface area contributed by atoms with Crippen LogP contribution in [0.4, 0.5) is 0 Å². The molecule has 1 aliphatic rings. The van der Waals surface area contributed by atoms with Gasteiger partial charge in [-0.1, -0.05) is 13.8 Å². The molecule has 1 fully saturated rings. The number of piperidine rings is 1. The van der Waals surface area contributed by atoms with Gasteiger partial charge in [-0.25, -0.2) is 8.42 Å². The molecule has 1 aromatic heterocycles. The smallest absolute Gasteiger partial charge is 0.207 e. The Bertz CT molecular complexity index is 558. The summed E-state index contributed by atoms with van der Waals surface area (Å²) >= 11 is 10.5. The Kier molecular flexibility index (Phi) is 4.99. The van der Waals surface area contributed by atoms with Gasteiger partial charge in [0.15, 0.2) is 0 Å². The molecule has 1 aromatic rings. The molecule has 2 rings (SSSR count). The van der Waals surface area contributed by atoms with E-state index in [1.54, 1.807) is 10.4 Å². The first-order chi connectivity index (χ1) is 8.86. The van der Waals surface area contributed by atoms with Crippen molar-refractivity contribution in [2.45, 2.75) is 31.0 Å². The lowest BCUT2D eigenvalue weighted by Crippen LogP contribution is -2.42. The van der Waals surface area contributed by atoms with E-state index in [1.165, 1.54) is 11.3 Å². The van der Waals surface area contributed by atoms with Crippen molar-refractivity contribution >= 4 is 48.9 Å². The fourth-order valence-electron chi connectivity index (χ4n) is 2.22. The topological polar surface area (TPSA) is 37.4 Å². The van der Waals surface area contributed by atoms with E-state index in [2.05, 4.69) is 29.8 Å². The highest BCUT2D eigenvalue weighted by Gasteiger charge is 2.33. The number of sulfonamides is 1. The number of rotatable bonds is 3. The van der Waals surface area contributed by atoms with Crippen LogP contribution in [0.25, 0.3) is 0 Å². The molecule has 1 saturated heterocycles. The highest BCUT2D eigenvalue weighted by atomic mass is 79.9. The van der Waals surface area contributed by atoms with Crippen molar-refractivity contribution in [3.63, 3.8) is 0 Å². The minimum atomic E-state index is -3.40. The van der Waals surface area contributed by atoms with Gasteiger partial charge in [-0.05, 0) is 40.3 Å². The monoisotopic (exact) mass is 385 g/mol. The molecule has 0 radical (unpaired) electrons. The van der Waals surface area contributed by atoms with E-state index in [0.29, 0.717) is 39.5 Å². The lowest BCUT2D eigenvalue weighted by atomic mass is 9.90. The predicted octanol–water partition coefficient (Wildman–Crippen LogP) is 3.92. The molecule has 2 atom stereocenters. The molecule has 0 aliphatic carbocycles. The van der Waals surface area contributed by atoms with Crippen molar-refractivity contribution in [2.24, 2.45) is 11.8 Å². The Morgan fingerprint density at radius 1 is 1.47 bits per heavy atom. The van der Waals surface area contributed by atoms with Crippen LogP contribution in [0.1, 0.15) is 25.1 Å². The summed E-state index contributed by atoms with van der Waals surface area (Å²) in [6.07, 6.45) is 0.921. The van der Waals surface area contributed by atoms with E-state index in [1.807, 2.05) is 0 Å². The van der Waals surface area contributed by atoms with E-state index >= 15 is 0 Å². The summed E-state index contributed by atoms with van der Waals surface area (Å²) in [4.78, 5) is 1.22. The van der Waals surface area contributed by atoms with E-state index in [-0.39, 0.29) is 0 Å². The third kappa shape index (κ3) is 3.18. The fourth-order valence-corrected chi connectivity index (χ4v) is 6.50. The van der Waals surface area contributed by atoms with Crippen LogP contribution in [0, 0.1) is 11.8 Å². The number of halogens is 2. The van der Waals surface area contributed by atoms with Crippen molar-refractivity contribution in [1.82, 2.24) is 4.31 Å². The maximum atomic E-state index is 12.6. The van der Waals surface area contributed by atoms with Crippen LogP contribution in [0.5, 0.6) is 0 Å². The number of nitrogens with zero attached hydrogens (tertiary/aromatic N) is 1. The highest BCUT2D eigenvalue weighted by molar-refractivity contribution is 9.11. The summed E-state index contributed by atoms with van der Waals surface area (Å²) in [6.45, 7) is 5.49. The molecular formula is C12H17BrClNO2S2. The highest BCUT2D eigenvalue weighted by Crippen LogP contribution is 2.36. The number of hydrogen-bond donors (Lipinski definition) is 0. The van der Waals surface area contributed by atoms with E-state index in [9.17, 15) is 8.42 Å². The molecule has 3 nitrogen and oxygen atoms in total. The van der Waals surface area contributed by atoms with Gasteiger partial charge in [0.25, 0.3) is 0 Å². The Morgan fingerprint density at radius 2 is 2.16 bits per heavy atom. The van der Waals surface area contributed by atoms with Crippen LogP contribution < -0.4 is 0 Å². The molecule has 0 bridgehead atoms. The van der Waals surface area contributed by atoms with E-state index in [4.69, 9.17) is 11.6 Å². The zero-order valence-corrected chi connectivity index (χ0v) is 14.9. The van der Waals surface area contributed by atoms with E-state index in [0.717, 1.165) is 11.3 Å². The van der Waals surface area contributed by atoms with Gasteiger partial charge in [0, 0.05) is 18.0 Å². The summed E-state index contributed by atoms with van der Waals surface area (Å²) in [5, 5.41) is 0. The summed E-state index contributed by atoms with van der Waals surface area (Å²) in [7, 11) is -3.40. The fraction of sp³-hybridized carbons (Fsp3) is 0.667. The lowest BCUT2D eigenvalue weighted by Gasteiger charge is -2.34. The second-order valence-electron chi connectivity index (χ2n) is 5.09. The van der Waals surface area contributed by atoms with Gasteiger partial charge in [0.1, 0.15) is 4.90 Å². The predicted molar refractivity (Wildman–Crippen MR) is 83.3 cm³/mol. The van der Waals surface area contributed by atoms with Crippen LogP contribution in [-0.4, -0.2) is 25.8 Å². The molecule has 19 heavy (non-hydrogen) atoms. The maximum absolute atomic E-state index is 12.6. The minimum absolute atomic E-state index is 0.340. The Morgan fingerprint density at radius 3 is 2.68 bits per heavy atom. The first kappa shape index (κ1) is 15.8. The largest absolute Gasteiger partial charge is 0.245 e. The van der Waals surface area contributed by atoms with E-state index < -0.39 is 10.0 Å². The van der Waals surface area contributed by atoms with Crippen LogP contribution >= 0.6 is 38.9 Å². The van der Waals surface area contributed by atoms with Crippen LogP contribution in [0.15, 0.2) is 14.7 Å². The van der Waals surface area contributed by atoms with Gasteiger partial charge in [-0.15, -0.1) is 22.9 Å². The minimum Gasteiger partial charge on any atom is -0.207 e. The molecule has 1 aliphatic heterocycles. The Hall–Kier alpha value is 0.380. The Balaban J connectivity index is 2.29. The molecule has 2 heterocycles. The van der Waals surface area contributed by atoms with Gasteiger partial charge in [-0.2, -0.15) is 4.31 Å². The van der Waals surface area contributed by atoms with Gasteiger partial charge in [-0.3, -0.25) is 0 Å². The molecule has 0 aromatic carbocycles. The normalized spacial score (nSPS) is 25.7. The average molecular weight is 387 g/mol. The zero-order valence-electron chi connectivity index (χ0n) is 10.9. The van der Waals surface area contributed by atoms with Gasteiger partial charge < -0.3 is 0 Å². The zero-order chi connectivity index (χ0) is 14.2. The maximum Gasteiger partial charge on any atom is 0.245 e. The second-order valence-corrected chi connectivity index (χ2v) is 9.72. The first-order valence-electron chi connectivity index (χ1n) is 6.20. The average Bonchev–Trinajstić information content (AvgIpc) is 2.74. The number of hydrogen-bond acceptors (Lipinski definition) is 3. The quantitative estimate of drug-likeness (QED) is 0.738. The second kappa shape index (κ2) is 6.02. The van der Waals surface area contributed by atoms with Crippen LogP contribution in [0.2, 0.25) is 0 Å². The Labute approximate surface area is 132 Å². The molecule has 0 amide bonds. The van der Waals surface area contributed by atoms with Crippen molar-refractivity contribution in [1.29, 1.82) is 0 Å². The molecule has 7 heteroatoms. The van der Waals surface area contributed by atoms with Crippen LogP contribution in [-0.2, 0) is 15.9 Å². The van der Waals surface area contributed by atoms with Gasteiger partial charge in [0.05, 0.1) is 9.67 Å². The number of alkyl halides is 1. The van der Waals surface area contributed by atoms with Gasteiger partial charge >= 0.3 is 0 Å². The van der Waals surface area contributed by atoms with Crippen molar-refractivity contribution < 1.29 is 8.42 Å². The molecule has 0 spiro atoms. The van der Waals surface area contributed by atoms with Crippen LogP contribution in [0.3, 0.4) is 0 Å². The molecule has 0 N–H and O–H groups in total. The van der Waals surface area contributed by atoms with Crippen molar-refractivity contribution in [2.75, 3.05) is 13.1 Å². The molecule has 108 valence electrons. The van der Waals surface area contributed by atoms with Crippen molar-refractivity contribution in [3.8, 4) is 0 Å². The molecule has 0 saturated carbocycles. The summed E-state index contributed by atoms with van der Waals surface area (Å²) < 4.78 is 27.5. The SMILES string of the molecule is CC1CCN(S(=O)(=O)c2cc(CCl)sc2Br)CC1C. The third-order valence-corrected chi connectivity index (χ3v) is 8.32. The lowest BCUT2D eigenvalue weighted by molar-refractivity contribution is 0.212. The first-order valence-corrected chi connectivity index (χ1v) is 9.79. The molecule has 2 unspecified atom stereocenters. The van der Waals surface area contributed by atoms with Gasteiger partial charge in [0.2, 0.25) is 10.0 Å². The van der Waals surface area contributed by atoms with Crippen molar-refractivity contribution in [3.05, 3.63) is 14.7 Å². The summed E-state index contributed by atoms with van der Waals surface area (Å²) in [5.74, 6) is 1.32. The molecular weight excluding hydrogens is 370 g/mol. The standard InChI is InChI=1S/C12H17BrClNO2S2/c1-8-3-4-15(7-9(8)2)19(16,17)11-5-10(6-14)18-12(11)13/h5,8-9H,3-4,6-7H2,1-2H3. The summed E-state index contributed by atoms with van der Waals surface area (Å²) in [6, 6.07) is 1.68. The number of thiophene rings is 1. The summed E-state index contributed by atoms with van der Waals surface area (Å²) in [5.41, 5.74) is 0.